The van der Waals surface area contributed by atoms with Crippen LogP contribution >= 0.6 is 23.4 Å². The Balaban J connectivity index is 1.81. The van der Waals surface area contributed by atoms with Crippen molar-refractivity contribution in [1.82, 2.24) is 4.90 Å². The number of thioether (sulfide) groups is 1. The molecule has 1 aromatic rings. The molecule has 96 valence electrons. The first-order valence-corrected chi connectivity index (χ1v) is 7.81. The fraction of sp³-hybridized carbons (Fsp3) is 0.500. The summed E-state index contributed by atoms with van der Waals surface area (Å²) < 4.78 is 0. The predicted octanol–water partition coefficient (Wildman–Crippen LogP) is 3.01. The smallest absolute Gasteiger partial charge is 0.236 e. The molecule has 0 spiro atoms. The molecule has 2 nitrogen and oxygen atoms in total. The quantitative estimate of drug-likeness (QED) is 0.794. The molecule has 18 heavy (non-hydrogen) atoms. The van der Waals surface area contributed by atoms with E-state index in [4.69, 9.17) is 11.6 Å². The number of nitrogens with zero attached hydrogens (tertiary/aromatic N) is 1. The Labute approximate surface area is 117 Å². The number of hydrogen-bond acceptors (Lipinski definition) is 2. The highest BCUT2D eigenvalue weighted by molar-refractivity contribution is 8.00. The fourth-order valence-corrected chi connectivity index (χ4v) is 4.81. The van der Waals surface area contributed by atoms with Crippen LogP contribution < -0.4 is 0 Å². The molecule has 1 amide bonds. The Morgan fingerprint density at radius 3 is 2.83 bits per heavy atom. The molecule has 0 aliphatic carbocycles. The fourth-order valence-electron chi connectivity index (χ4n) is 3.03. The van der Waals surface area contributed by atoms with Crippen molar-refractivity contribution >= 4 is 29.3 Å². The number of carbonyl (C=O) groups excluding carboxylic acids is 1. The molecule has 2 aliphatic heterocycles. The van der Waals surface area contributed by atoms with Crippen molar-refractivity contribution in [2.24, 2.45) is 5.92 Å². The number of benzene rings is 1. The van der Waals surface area contributed by atoms with E-state index in [1.807, 2.05) is 23.1 Å². The van der Waals surface area contributed by atoms with Crippen molar-refractivity contribution in [2.45, 2.75) is 29.0 Å². The summed E-state index contributed by atoms with van der Waals surface area (Å²) >= 11 is 7.78. The van der Waals surface area contributed by atoms with Crippen LogP contribution in [0.5, 0.6) is 0 Å². The van der Waals surface area contributed by atoms with Crippen LogP contribution in [-0.2, 0) is 4.79 Å². The van der Waals surface area contributed by atoms with E-state index in [2.05, 4.69) is 12.1 Å². The lowest BCUT2D eigenvalue weighted by Crippen LogP contribution is -2.29. The molecular formula is C14H16ClNOS. The summed E-state index contributed by atoms with van der Waals surface area (Å²) in [7, 11) is 0. The third-order valence-corrected chi connectivity index (χ3v) is 5.60. The van der Waals surface area contributed by atoms with Gasteiger partial charge in [-0.1, -0.05) is 18.2 Å². The average molecular weight is 282 g/mol. The predicted molar refractivity (Wildman–Crippen MR) is 75.0 cm³/mol. The van der Waals surface area contributed by atoms with Crippen LogP contribution in [0.2, 0.25) is 0 Å². The van der Waals surface area contributed by atoms with Crippen molar-refractivity contribution in [3.8, 4) is 0 Å². The van der Waals surface area contributed by atoms with Gasteiger partial charge in [-0.05, 0) is 25.0 Å². The number of halogens is 1. The van der Waals surface area contributed by atoms with Gasteiger partial charge >= 0.3 is 0 Å². The summed E-state index contributed by atoms with van der Waals surface area (Å²) in [6.45, 7) is 0.919. The minimum absolute atomic E-state index is 0.00944. The third kappa shape index (κ3) is 2.04. The number of rotatable bonds is 3. The van der Waals surface area contributed by atoms with Gasteiger partial charge < -0.3 is 4.90 Å². The molecule has 3 atom stereocenters. The van der Waals surface area contributed by atoms with Gasteiger partial charge in [0.05, 0.1) is 5.25 Å². The molecule has 2 fully saturated rings. The molecule has 0 aromatic heterocycles. The van der Waals surface area contributed by atoms with Crippen LogP contribution in [0, 0.1) is 5.92 Å². The average Bonchev–Trinajstić information content (AvgIpc) is 2.95. The Kier molecular flexibility index (Phi) is 3.53. The normalized spacial score (nSPS) is 30.8. The first kappa shape index (κ1) is 12.4. The van der Waals surface area contributed by atoms with Crippen molar-refractivity contribution in [2.75, 3.05) is 12.4 Å². The highest BCUT2D eigenvalue weighted by Gasteiger charge is 2.49. The van der Waals surface area contributed by atoms with Gasteiger partial charge in [0.15, 0.2) is 0 Å². The zero-order valence-corrected chi connectivity index (χ0v) is 11.7. The Hall–Kier alpha value is -0.670. The largest absolute Gasteiger partial charge is 0.338 e. The van der Waals surface area contributed by atoms with Gasteiger partial charge in [0.25, 0.3) is 0 Å². The number of amides is 1. The van der Waals surface area contributed by atoms with Crippen molar-refractivity contribution < 1.29 is 4.79 Å². The zero-order valence-electron chi connectivity index (χ0n) is 10.1. The zero-order chi connectivity index (χ0) is 12.5. The maximum Gasteiger partial charge on any atom is 0.236 e. The maximum atomic E-state index is 12.4. The van der Waals surface area contributed by atoms with Crippen molar-refractivity contribution in [3.63, 3.8) is 0 Å². The highest BCUT2D eigenvalue weighted by Crippen LogP contribution is 2.42. The van der Waals surface area contributed by atoms with Gasteiger partial charge in [-0.15, -0.1) is 23.4 Å². The Morgan fingerprint density at radius 2 is 2.11 bits per heavy atom. The van der Waals surface area contributed by atoms with E-state index in [9.17, 15) is 4.79 Å². The molecule has 2 heterocycles. The van der Waals surface area contributed by atoms with Crippen molar-refractivity contribution in [1.29, 1.82) is 0 Å². The van der Waals surface area contributed by atoms with Gasteiger partial charge in [0, 0.05) is 29.3 Å². The Bertz CT molecular complexity index is 439. The summed E-state index contributed by atoms with van der Waals surface area (Å²) in [6, 6.07) is 10.5. The van der Waals surface area contributed by atoms with Crippen LogP contribution in [0.4, 0.5) is 0 Å². The van der Waals surface area contributed by atoms with Gasteiger partial charge in [0.2, 0.25) is 5.91 Å². The number of fused-ring (bicyclic) bond motifs is 1. The standard InChI is InChI=1S/C14H16ClNOS/c15-9-11-12-7-4-8-16(12)14(17)13(11)18-10-5-2-1-3-6-10/h1-3,5-6,11-13H,4,7-9H2/t11?,12-,13+/m0/s1. The molecule has 3 rings (SSSR count). The van der Waals surface area contributed by atoms with Crippen molar-refractivity contribution in [3.05, 3.63) is 30.3 Å². The summed E-state index contributed by atoms with van der Waals surface area (Å²) in [5, 5.41) is 0.00944. The summed E-state index contributed by atoms with van der Waals surface area (Å²) in [5.74, 6) is 1.17. The summed E-state index contributed by atoms with van der Waals surface area (Å²) in [4.78, 5) is 15.6. The topological polar surface area (TPSA) is 20.3 Å². The second-order valence-corrected chi connectivity index (χ2v) is 6.43. The highest BCUT2D eigenvalue weighted by atomic mass is 35.5. The first-order valence-electron chi connectivity index (χ1n) is 6.39. The first-order chi connectivity index (χ1) is 8.81. The molecule has 1 unspecified atom stereocenters. The molecule has 4 heteroatoms. The van der Waals surface area contributed by atoms with Crippen LogP contribution in [0.25, 0.3) is 0 Å². The van der Waals surface area contributed by atoms with E-state index < -0.39 is 0 Å². The van der Waals surface area contributed by atoms with E-state index in [-0.39, 0.29) is 11.2 Å². The van der Waals surface area contributed by atoms with Crippen LogP contribution in [0.1, 0.15) is 12.8 Å². The van der Waals surface area contributed by atoms with Gasteiger partial charge in [-0.3, -0.25) is 4.79 Å². The van der Waals surface area contributed by atoms with E-state index in [0.29, 0.717) is 17.8 Å². The van der Waals surface area contributed by atoms with Gasteiger partial charge in [-0.25, -0.2) is 0 Å². The van der Waals surface area contributed by atoms with Gasteiger partial charge in [-0.2, -0.15) is 0 Å². The van der Waals surface area contributed by atoms with E-state index in [1.54, 1.807) is 11.8 Å². The SMILES string of the molecule is O=C1[C@H](Sc2ccccc2)C(CCl)[C@@H]2CCCN12. The molecule has 1 aromatic carbocycles. The lowest BCUT2D eigenvalue weighted by atomic mass is 10.0. The molecule has 0 bridgehead atoms. The lowest BCUT2D eigenvalue weighted by molar-refractivity contribution is -0.127. The van der Waals surface area contributed by atoms with Gasteiger partial charge in [0.1, 0.15) is 0 Å². The van der Waals surface area contributed by atoms with Crippen LogP contribution in [0.3, 0.4) is 0 Å². The maximum absolute atomic E-state index is 12.4. The Morgan fingerprint density at radius 1 is 1.33 bits per heavy atom. The second-order valence-electron chi connectivity index (χ2n) is 4.91. The monoisotopic (exact) mass is 281 g/mol. The van der Waals surface area contributed by atoms with E-state index in [1.165, 1.54) is 0 Å². The second kappa shape index (κ2) is 5.14. The molecule has 0 radical (unpaired) electrons. The van der Waals surface area contributed by atoms with Crippen LogP contribution in [0.15, 0.2) is 35.2 Å². The lowest BCUT2D eigenvalue weighted by Gasteiger charge is -2.19. The molecule has 0 saturated carbocycles. The minimum atomic E-state index is 0.00944. The van der Waals surface area contributed by atoms with Crippen LogP contribution in [-0.4, -0.2) is 34.5 Å². The molecular weight excluding hydrogens is 266 g/mol. The molecule has 2 aliphatic rings. The van der Waals surface area contributed by atoms with E-state index >= 15 is 0 Å². The third-order valence-electron chi connectivity index (χ3n) is 3.89. The molecule has 2 saturated heterocycles. The minimum Gasteiger partial charge on any atom is -0.338 e. The number of hydrogen-bond donors (Lipinski definition) is 0. The summed E-state index contributed by atoms with van der Waals surface area (Å²) in [5.41, 5.74) is 0. The number of alkyl halides is 1. The molecule has 0 N–H and O–H groups in total. The summed E-state index contributed by atoms with van der Waals surface area (Å²) in [6.07, 6.45) is 2.25. The van der Waals surface area contributed by atoms with E-state index in [0.717, 1.165) is 24.3 Å². The number of carbonyl (C=O) groups is 1.